The topological polar surface area (TPSA) is 72.7 Å². The van der Waals surface area contributed by atoms with Gasteiger partial charge >= 0.3 is 0 Å². The molecule has 29 heavy (non-hydrogen) atoms. The third kappa shape index (κ3) is 4.33. The van der Waals surface area contributed by atoms with Crippen LogP contribution in [-0.4, -0.2) is 31.4 Å². The first-order valence-corrected chi connectivity index (χ1v) is 9.79. The minimum Gasteiger partial charge on any atom is -0.324 e. The molecule has 0 bridgehead atoms. The number of rotatable bonds is 6. The average Bonchev–Trinajstić information content (AvgIpc) is 3.18. The molecule has 0 fully saturated rings. The number of para-hydroxylation sites is 1. The quantitative estimate of drug-likeness (QED) is 0.487. The van der Waals surface area contributed by atoms with Gasteiger partial charge in [-0.3, -0.25) is 14.3 Å². The van der Waals surface area contributed by atoms with Crippen molar-refractivity contribution in [1.29, 1.82) is 0 Å². The van der Waals surface area contributed by atoms with Crippen molar-refractivity contribution in [3.63, 3.8) is 0 Å². The van der Waals surface area contributed by atoms with Crippen LogP contribution in [0.1, 0.15) is 0 Å². The van der Waals surface area contributed by atoms with E-state index >= 15 is 0 Å². The van der Waals surface area contributed by atoms with Gasteiger partial charge in [-0.05, 0) is 36.4 Å². The fourth-order valence-corrected chi connectivity index (χ4v) is 3.51. The Labute approximate surface area is 170 Å². The summed E-state index contributed by atoms with van der Waals surface area (Å²) in [5.74, 6) is -0.0811. The highest BCUT2D eigenvalue weighted by molar-refractivity contribution is 7.99. The first-order chi connectivity index (χ1) is 14.2. The molecule has 0 aliphatic carbocycles. The number of aromatic nitrogens is 4. The van der Waals surface area contributed by atoms with Gasteiger partial charge in [0.2, 0.25) is 5.91 Å². The third-order valence-corrected chi connectivity index (χ3v) is 4.97. The molecule has 0 saturated heterocycles. The Morgan fingerprint density at radius 3 is 2.55 bits per heavy atom. The molecule has 2 aromatic heterocycles. The summed E-state index contributed by atoms with van der Waals surface area (Å²) in [6, 6.07) is 19.3. The molecular weight excluding hydrogens is 389 g/mol. The summed E-state index contributed by atoms with van der Waals surface area (Å²) >= 11 is 1.23. The Kier molecular flexibility index (Phi) is 5.62. The number of hydrogen-bond donors (Lipinski definition) is 1. The van der Waals surface area contributed by atoms with Gasteiger partial charge < -0.3 is 5.32 Å². The molecular formula is C21H16FN5OS. The molecule has 2 aromatic carbocycles. The van der Waals surface area contributed by atoms with Crippen LogP contribution in [0.5, 0.6) is 0 Å². The molecule has 2 heterocycles. The van der Waals surface area contributed by atoms with Gasteiger partial charge in [-0.2, -0.15) is 0 Å². The van der Waals surface area contributed by atoms with E-state index in [1.54, 1.807) is 47.3 Å². The maximum Gasteiger partial charge on any atom is 0.234 e. The van der Waals surface area contributed by atoms with Crippen molar-refractivity contribution in [1.82, 2.24) is 19.7 Å². The van der Waals surface area contributed by atoms with Crippen molar-refractivity contribution < 1.29 is 9.18 Å². The SMILES string of the molecule is O=C(CSc1nnc(-c2ccccc2F)n1-c1ccccc1)Nc1cccnc1. The van der Waals surface area contributed by atoms with Crippen LogP contribution < -0.4 is 5.32 Å². The van der Waals surface area contributed by atoms with E-state index in [0.717, 1.165) is 5.69 Å². The van der Waals surface area contributed by atoms with Crippen LogP contribution in [0.15, 0.2) is 84.3 Å². The summed E-state index contributed by atoms with van der Waals surface area (Å²) in [4.78, 5) is 16.3. The van der Waals surface area contributed by atoms with Gasteiger partial charge in [0.15, 0.2) is 11.0 Å². The zero-order chi connectivity index (χ0) is 20.1. The lowest BCUT2D eigenvalue weighted by Gasteiger charge is -2.11. The van der Waals surface area contributed by atoms with Crippen molar-refractivity contribution in [2.45, 2.75) is 5.16 Å². The number of nitrogens with zero attached hydrogens (tertiary/aromatic N) is 4. The van der Waals surface area contributed by atoms with Gasteiger partial charge in [-0.25, -0.2) is 4.39 Å². The molecule has 144 valence electrons. The monoisotopic (exact) mass is 405 g/mol. The molecule has 6 nitrogen and oxygen atoms in total. The second-order valence-electron chi connectivity index (χ2n) is 6.04. The van der Waals surface area contributed by atoms with Crippen LogP contribution in [0.25, 0.3) is 17.1 Å². The van der Waals surface area contributed by atoms with Crippen LogP contribution in [-0.2, 0) is 4.79 Å². The lowest BCUT2D eigenvalue weighted by atomic mass is 10.2. The zero-order valence-corrected chi connectivity index (χ0v) is 16.0. The number of carbonyl (C=O) groups excluding carboxylic acids is 1. The summed E-state index contributed by atoms with van der Waals surface area (Å²) in [5, 5.41) is 11.7. The fraction of sp³-hybridized carbons (Fsp3) is 0.0476. The molecule has 0 unspecified atom stereocenters. The number of thioether (sulfide) groups is 1. The van der Waals surface area contributed by atoms with Crippen molar-refractivity contribution in [3.05, 3.63) is 84.9 Å². The van der Waals surface area contributed by atoms with Crippen LogP contribution >= 0.6 is 11.8 Å². The van der Waals surface area contributed by atoms with Gasteiger partial charge in [-0.1, -0.05) is 42.1 Å². The van der Waals surface area contributed by atoms with E-state index in [9.17, 15) is 9.18 Å². The smallest absolute Gasteiger partial charge is 0.234 e. The number of carbonyl (C=O) groups is 1. The van der Waals surface area contributed by atoms with E-state index in [4.69, 9.17) is 0 Å². The van der Waals surface area contributed by atoms with Gasteiger partial charge in [-0.15, -0.1) is 10.2 Å². The van der Waals surface area contributed by atoms with E-state index in [1.165, 1.54) is 17.8 Å². The van der Waals surface area contributed by atoms with Gasteiger partial charge in [0.25, 0.3) is 0 Å². The van der Waals surface area contributed by atoms with Gasteiger partial charge in [0, 0.05) is 11.9 Å². The number of amides is 1. The predicted molar refractivity (Wildman–Crippen MR) is 110 cm³/mol. The molecule has 8 heteroatoms. The summed E-state index contributed by atoms with van der Waals surface area (Å²) in [6.07, 6.45) is 3.21. The Morgan fingerprint density at radius 2 is 1.79 bits per heavy atom. The minimum absolute atomic E-state index is 0.122. The molecule has 0 spiro atoms. The minimum atomic E-state index is -0.386. The number of pyridine rings is 1. The van der Waals surface area contributed by atoms with Crippen molar-refractivity contribution in [2.75, 3.05) is 11.1 Å². The second-order valence-corrected chi connectivity index (χ2v) is 6.98. The van der Waals surface area contributed by atoms with Crippen LogP contribution in [0.2, 0.25) is 0 Å². The van der Waals surface area contributed by atoms with E-state index in [2.05, 4.69) is 20.5 Å². The maximum absolute atomic E-state index is 14.4. The molecule has 1 N–H and O–H groups in total. The normalized spacial score (nSPS) is 10.7. The predicted octanol–water partition coefficient (Wildman–Crippen LogP) is 4.20. The van der Waals surface area contributed by atoms with E-state index in [-0.39, 0.29) is 17.5 Å². The first-order valence-electron chi connectivity index (χ1n) is 8.81. The summed E-state index contributed by atoms with van der Waals surface area (Å²) < 4.78 is 16.1. The summed E-state index contributed by atoms with van der Waals surface area (Å²) in [6.45, 7) is 0. The average molecular weight is 405 g/mol. The van der Waals surface area contributed by atoms with E-state index in [0.29, 0.717) is 22.2 Å². The van der Waals surface area contributed by atoms with E-state index < -0.39 is 0 Å². The Morgan fingerprint density at radius 1 is 1.00 bits per heavy atom. The molecule has 4 aromatic rings. The Balaban J connectivity index is 1.62. The number of hydrogen-bond acceptors (Lipinski definition) is 5. The second kappa shape index (κ2) is 8.66. The van der Waals surface area contributed by atoms with Gasteiger partial charge in [0.05, 0.1) is 23.2 Å². The van der Waals surface area contributed by atoms with Crippen LogP contribution in [0, 0.1) is 5.82 Å². The van der Waals surface area contributed by atoms with Gasteiger partial charge in [0.1, 0.15) is 5.82 Å². The Hall–Kier alpha value is -3.52. The highest BCUT2D eigenvalue weighted by Gasteiger charge is 2.19. The maximum atomic E-state index is 14.4. The lowest BCUT2D eigenvalue weighted by molar-refractivity contribution is -0.113. The number of halogens is 1. The van der Waals surface area contributed by atoms with Crippen molar-refractivity contribution >= 4 is 23.4 Å². The number of benzene rings is 2. The fourth-order valence-electron chi connectivity index (χ4n) is 2.75. The molecule has 0 radical (unpaired) electrons. The molecule has 1 amide bonds. The van der Waals surface area contributed by atoms with Crippen molar-refractivity contribution in [2.24, 2.45) is 0 Å². The molecule has 0 saturated carbocycles. The molecule has 4 rings (SSSR count). The summed E-state index contributed by atoms with van der Waals surface area (Å²) in [5.41, 5.74) is 1.75. The highest BCUT2D eigenvalue weighted by Crippen LogP contribution is 2.29. The standard InChI is InChI=1S/C21H16FN5OS/c22-18-11-5-4-10-17(18)20-25-26-21(27(20)16-8-2-1-3-9-16)29-14-19(28)24-15-7-6-12-23-13-15/h1-13H,14H2,(H,24,28). The highest BCUT2D eigenvalue weighted by atomic mass is 32.2. The largest absolute Gasteiger partial charge is 0.324 e. The number of nitrogens with one attached hydrogen (secondary N) is 1. The molecule has 0 aliphatic rings. The molecule has 0 atom stereocenters. The van der Waals surface area contributed by atoms with Crippen molar-refractivity contribution in [3.8, 4) is 17.1 Å². The Bertz CT molecular complexity index is 1120. The van der Waals surface area contributed by atoms with Crippen LogP contribution in [0.3, 0.4) is 0 Å². The lowest BCUT2D eigenvalue weighted by Crippen LogP contribution is -2.14. The first kappa shape index (κ1) is 18.8. The number of anilines is 1. The zero-order valence-electron chi connectivity index (χ0n) is 15.2. The molecule has 0 aliphatic heterocycles. The summed E-state index contributed by atoms with van der Waals surface area (Å²) in [7, 11) is 0. The third-order valence-electron chi connectivity index (χ3n) is 4.04. The van der Waals surface area contributed by atoms with Crippen LogP contribution in [0.4, 0.5) is 10.1 Å². The van der Waals surface area contributed by atoms with E-state index in [1.807, 2.05) is 30.3 Å².